The summed E-state index contributed by atoms with van der Waals surface area (Å²) in [7, 11) is 2.72. The number of fused-ring (bicyclic) bond motifs is 1. The molecule has 0 bridgehead atoms. The average Bonchev–Trinajstić information content (AvgIpc) is 2.71. The molecule has 6 heteroatoms. The SMILES string of the molecule is COC(=O)CNc1cc2c(F)c(OC)ccc2cc1OCc1ccccc1. The maximum absolute atomic E-state index is 14.6. The zero-order valence-corrected chi connectivity index (χ0v) is 15.1. The Morgan fingerprint density at radius 2 is 1.81 bits per heavy atom. The largest absolute Gasteiger partial charge is 0.494 e. The van der Waals surface area contributed by atoms with Crippen molar-refractivity contribution < 1.29 is 23.4 Å². The summed E-state index contributed by atoms with van der Waals surface area (Å²) in [5.41, 5.74) is 1.49. The van der Waals surface area contributed by atoms with E-state index in [0.717, 1.165) is 5.56 Å². The second kappa shape index (κ2) is 8.40. The molecule has 27 heavy (non-hydrogen) atoms. The van der Waals surface area contributed by atoms with Crippen molar-refractivity contribution in [1.29, 1.82) is 0 Å². The van der Waals surface area contributed by atoms with E-state index in [-0.39, 0.29) is 12.3 Å². The smallest absolute Gasteiger partial charge is 0.325 e. The van der Waals surface area contributed by atoms with E-state index in [0.29, 0.717) is 28.8 Å². The summed E-state index contributed by atoms with van der Waals surface area (Å²) in [6.07, 6.45) is 0. The van der Waals surface area contributed by atoms with Gasteiger partial charge in [-0.3, -0.25) is 4.79 Å². The van der Waals surface area contributed by atoms with Crippen LogP contribution in [0, 0.1) is 5.82 Å². The van der Waals surface area contributed by atoms with Crippen LogP contribution in [0.1, 0.15) is 5.56 Å². The van der Waals surface area contributed by atoms with Crippen LogP contribution in [-0.2, 0) is 16.1 Å². The molecular formula is C21H20FNO4. The van der Waals surface area contributed by atoms with Crippen molar-refractivity contribution in [3.05, 3.63) is 66.0 Å². The molecule has 0 spiro atoms. The van der Waals surface area contributed by atoms with Crippen LogP contribution in [0.4, 0.5) is 10.1 Å². The third-order valence-corrected chi connectivity index (χ3v) is 4.13. The molecule has 140 valence electrons. The minimum atomic E-state index is -0.467. The van der Waals surface area contributed by atoms with E-state index in [2.05, 4.69) is 10.1 Å². The molecular weight excluding hydrogens is 349 g/mol. The molecule has 1 N–H and O–H groups in total. The molecule has 0 aliphatic heterocycles. The zero-order valence-electron chi connectivity index (χ0n) is 15.1. The van der Waals surface area contributed by atoms with E-state index in [1.54, 1.807) is 24.3 Å². The van der Waals surface area contributed by atoms with Gasteiger partial charge in [0.05, 0.1) is 19.9 Å². The summed E-state index contributed by atoms with van der Waals surface area (Å²) in [6, 6.07) is 16.4. The van der Waals surface area contributed by atoms with Crippen molar-refractivity contribution in [1.82, 2.24) is 0 Å². The van der Waals surface area contributed by atoms with Gasteiger partial charge in [-0.25, -0.2) is 4.39 Å². The van der Waals surface area contributed by atoms with Crippen LogP contribution in [0.3, 0.4) is 0 Å². The second-order valence-electron chi connectivity index (χ2n) is 5.86. The highest BCUT2D eigenvalue weighted by atomic mass is 19.1. The lowest BCUT2D eigenvalue weighted by molar-refractivity contribution is -0.138. The average molecular weight is 369 g/mol. The molecule has 0 saturated heterocycles. The number of hydrogen-bond donors (Lipinski definition) is 1. The number of hydrogen-bond acceptors (Lipinski definition) is 5. The van der Waals surface area contributed by atoms with Gasteiger partial charge in [-0.2, -0.15) is 0 Å². The van der Waals surface area contributed by atoms with E-state index >= 15 is 0 Å². The van der Waals surface area contributed by atoms with Gasteiger partial charge in [-0.05, 0) is 29.1 Å². The molecule has 0 aliphatic rings. The number of halogens is 1. The van der Waals surface area contributed by atoms with Crippen molar-refractivity contribution in [2.45, 2.75) is 6.61 Å². The van der Waals surface area contributed by atoms with Gasteiger partial charge in [0.25, 0.3) is 0 Å². The molecule has 0 aromatic heterocycles. The molecule has 3 rings (SSSR count). The minimum absolute atomic E-state index is 0.0602. The van der Waals surface area contributed by atoms with E-state index in [9.17, 15) is 9.18 Å². The summed E-state index contributed by atoms with van der Waals surface area (Å²) in [5, 5.41) is 3.99. The summed E-state index contributed by atoms with van der Waals surface area (Å²) in [4.78, 5) is 11.5. The fourth-order valence-corrected chi connectivity index (χ4v) is 2.68. The van der Waals surface area contributed by atoms with Gasteiger partial charge < -0.3 is 19.5 Å². The topological polar surface area (TPSA) is 56.8 Å². The Hall–Kier alpha value is -3.28. The number of benzene rings is 3. The summed E-state index contributed by atoms with van der Waals surface area (Å²) >= 11 is 0. The van der Waals surface area contributed by atoms with E-state index < -0.39 is 11.8 Å². The third-order valence-electron chi connectivity index (χ3n) is 4.13. The maximum atomic E-state index is 14.6. The van der Waals surface area contributed by atoms with Crippen molar-refractivity contribution >= 4 is 22.4 Å². The number of carbonyl (C=O) groups excluding carboxylic acids is 1. The Morgan fingerprint density at radius 1 is 1.04 bits per heavy atom. The molecule has 5 nitrogen and oxygen atoms in total. The van der Waals surface area contributed by atoms with Gasteiger partial charge in [0.1, 0.15) is 18.9 Å². The molecule has 0 fully saturated rings. The van der Waals surface area contributed by atoms with Crippen LogP contribution in [0.2, 0.25) is 0 Å². The first kappa shape index (κ1) is 18.5. The van der Waals surface area contributed by atoms with Gasteiger partial charge in [-0.1, -0.05) is 36.4 Å². The predicted octanol–water partition coefficient (Wildman–Crippen LogP) is 4.15. The van der Waals surface area contributed by atoms with Crippen molar-refractivity contribution in [3.63, 3.8) is 0 Å². The monoisotopic (exact) mass is 369 g/mol. The number of rotatable bonds is 7. The predicted molar refractivity (Wildman–Crippen MR) is 102 cm³/mol. The van der Waals surface area contributed by atoms with Crippen molar-refractivity contribution in [2.75, 3.05) is 26.1 Å². The maximum Gasteiger partial charge on any atom is 0.325 e. The first-order chi connectivity index (χ1) is 13.1. The lowest BCUT2D eigenvalue weighted by atomic mass is 10.1. The molecule has 0 atom stereocenters. The van der Waals surface area contributed by atoms with E-state index in [1.165, 1.54) is 14.2 Å². The number of esters is 1. The molecule has 3 aromatic carbocycles. The molecule has 0 heterocycles. The number of ether oxygens (including phenoxy) is 3. The Labute approximate surface area is 156 Å². The van der Waals surface area contributed by atoms with Crippen LogP contribution >= 0.6 is 0 Å². The van der Waals surface area contributed by atoms with Crippen LogP contribution in [0.5, 0.6) is 11.5 Å². The van der Waals surface area contributed by atoms with Gasteiger partial charge >= 0.3 is 5.97 Å². The van der Waals surface area contributed by atoms with Crippen LogP contribution in [-0.4, -0.2) is 26.7 Å². The van der Waals surface area contributed by atoms with E-state index in [4.69, 9.17) is 9.47 Å². The van der Waals surface area contributed by atoms with Crippen molar-refractivity contribution in [2.24, 2.45) is 0 Å². The first-order valence-electron chi connectivity index (χ1n) is 8.40. The molecule has 3 aromatic rings. The summed E-state index contributed by atoms with van der Waals surface area (Å²) in [5.74, 6) is -0.236. The lowest BCUT2D eigenvalue weighted by Crippen LogP contribution is -2.15. The van der Waals surface area contributed by atoms with Gasteiger partial charge in [0.2, 0.25) is 0 Å². The zero-order chi connectivity index (χ0) is 19.2. The summed E-state index contributed by atoms with van der Waals surface area (Å²) in [6.45, 7) is 0.285. The Bertz CT molecular complexity index is 944. The fraction of sp³-hybridized carbons (Fsp3) is 0.190. The quantitative estimate of drug-likeness (QED) is 0.634. The normalized spacial score (nSPS) is 10.5. The standard InChI is InChI=1S/C21H20FNO4/c1-25-18-9-8-15-10-19(27-13-14-6-4-3-5-7-14)17(11-16(15)21(18)22)23-12-20(24)26-2/h3-11,23H,12-13H2,1-2H3. The Kier molecular flexibility index (Phi) is 5.76. The van der Waals surface area contributed by atoms with Gasteiger partial charge in [0.15, 0.2) is 11.6 Å². The number of methoxy groups -OCH3 is 2. The fourth-order valence-electron chi connectivity index (χ4n) is 2.68. The summed E-state index contributed by atoms with van der Waals surface area (Å²) < 4.78 is 30.2. The van der Waals surface area contributed by atoms with Crippen LogP contribution in [0.25, 0.3) is 10.8 Å². The van der Waals surface area contributed by atoms with Crippen LogP contribution in [0.15, 0.2) is 54.6 Å². The molecule has 0 amide bonds. The minimum Gasteiger partial charge on any atom is -0.494 e. The van der Waals surface area contributed by atoms with E-state index in [1.807, 2.05) is 30.3 Å². The van der Waals surface area contributed by atoms with Crippen LogP contribution < -0.4 is 14.8 Å². The third kappa shape index (κ3) is 4.28. The Morgan fingerprint density at radius 3 is 2.52 bits per heavy atom. The first-order valence-corrected chi connectivity index (χ1v) is 8.40. The highest BCUT2D eigenvalue weighted by molar-refractivity contribution is 5.91. The van der Waals surface area contributed by atoms with Gasteiger partial charge in [-0.15, -0.1) is 0 Å². The number of carbonyl (C=O) groups is 1. The molecule has 0 aliphatic carbocycles. The van der Waals surface area contributed by atoms with Gasteiger partial charge in [0, 0.05) is 5.39 Å². The molecule has 0 radical (unpaired) electrons. The number of anilines is 1. The molecule has 0 unspecified atom stereocenters. The highest BCUT2D eigenvalue weighted by Gasteiger charge is 2.14. The highest BCUT2D eigenvalue weighted by Crippen LogP contribution is 2.35. The number of nitrogens with one attached hydrogen (secondary N) is 1. The van der Waals surface area contributed by atoms with Crippen molar-refractivity contribution in [3.8, 4) is 11.5 Å². The second-order valence-corrected chi connectivity index (χ2v) is 5.86. The molecule has 0 saturated carbocycles. The lowest BCUT2D eigenvalue weighted by Gasteiger charge is -2.15. The Balaban J connectivity index is 1.96.